The topological polar surface area (TPSA) is 52.0 Å². The maximum Gasteiger partial charge on any atom is 0.262 e. The first kappa shape index (κ1) is 17.5. The van der Waals surface area contributed by atoms with Crippen molar-refractivity contribution < 1.29 is 4.79 Å². The van der Waals surface area contributed by atoms with Crippen molar-refractivity contribution in [3.05, 3.63) is 62.5 Å². The molecule has 3 aromatic rings. The van der Waals surface area contributed by atoms with E-state index < -0.39 is 0 Å². The van der Waals surface area contributed by atoms with E-state index in [-0.39, 0.29) is 17.9 Å². The van der Waals surface area contributed by atoms with Gasteiger partial charge in [-0.3, -0.25) is 14.2 Å². The Morgan fingerprint density at radius 3 is 2.60 bits per heavy atom. The van der Waals surface area contributed by atoms with Gasteiger partial charge in [0, 0.05) is 10.4 Å². The molecule has 3 rings (SSSR count). The minimum absolute atomic E-state index is 0.0270. The van der Waals surface area contributed by atoms with Gasteiger partial charge in [0.1, 0.15) is 4.83 Å². The van der Waals surface area contributed by atoms with Crippen LogP contribution in [-0.4, -0.2) is 15.3 Å². The fourth-order valence-corrected chi connectivity index (χ4v) is 3.87. The quantitative estimate of drug-likeness (QED) is 0.628. The Bertz CT molecular complexity index is 985. The Balaban J connectivity index is 1.97. The molecule has 0 N–H and O–H groups in total. The zero-order valence-electron chi connectivity index (χ0n) is 14.8. The normalized spacial score (nSPS) is 11.2. The second kappa shape index (κ2) is 7.31. The zero-order valence-corrected chi connectivity index (χ0v) is 15.7. The lowest BCUT2D eigenvalue weighted by Crippen LogP contribution is -2.24. The molecular formula is C20H22N2O2S. The van der Waals surface area contributed by atoms with E-state index in [9.17, 15) is 9.59 Å². The first-order valence-corrected chi connectivity index (χ1v) is 9.51. The van der Waals surface area contributed by atoms with Crippen LogP contribution in [0.25, 0.3) is 10.2 Å². The molecular weight excluding hydrogens is 332 g/mol. The smallest absolute Gasteiger partial charge is 0.262 e. The zero-order chi connectivity index (χ0) is 18.0. The molecule has 0 radical (unpaired) electrons. The third-order valence-electron chi connectivity index (χ3n) is 4.50. The van der Waals surface area contributed by atoms with E-state index in [0.717, 1.165) is 40.1 Å². The van der Waals surface area contributed by atoms with Gasteiger partial charge in [-0.25, -0.2) is 4.98 Å². The fraction of sp³-hybridized carbons (Fsp3) is 0.350. The summed E-state index contributed by atoms with van der Waals surface area (Å²) in [6.07, 6.45) is 4.05. The second-order valence-corrected chi connectivity index (χ2v) is 7.20. The van der Waals surface area contributed by atoms with Crippen LogP contribution in [0.3, 0.4) is 0 Å². The van der Waals surface area contributed by atoms with Crippen LogP contribution < -0.4 is 5.56 Å². The number of aromatic nitrogens is 2. The Morgan fingerprint density at radius 1 is 1.12 bits per heavy atom. The van der Waals surface area contributed by atoms with Crippen LogP contribution in [0.15, 0.2) is 35.4 Å². The van der Waals surface area contributed by atoms with Gasteiger partial charge >= 0.3 is 0 Å². The number of nitrogens with zero attached hydrogens (tertiary/aromatic N) is 2. The minimum Gasteiger partial charge on any atom is -0.292 e. The highest BCUT2D eigenvalue weighted by molar-refractivity contribution is 7.18. The number of carbonyl (C=O) groups is 1. The maximum absolute atomic E-state index is 12.8. The fourth-order valence-electron chi connectivity index (χ4n) is 2.95. The lowest BCUT2D eigenvalue weighted by molar-refractivity contribution is 0.0969. The van der Waals surface area contributed by atoms with Crippen LogP contribution in [0.1, 0.15) is 47.1 Å². The predicted octanol–water partition coefficient (Wildman–Crippen LogP) is 4.03. The maximum atomic E-state index is 12.8. The molecule has 2 heterocycles. The first-order chi connectivity index (χ1) is 12.1. The molecule has 0 amide bonds. The number of benzene rings is 1. The molecule has 4 nitrogen and oxygen atoms in total. The SMILES string of the molecule is CCc1ccc(CC)c(C(=O)Cn2cnc3sc(CC)cc3c2=O)c1. The minimum atomic E-state index is -0.140. The summed E-state index contributed by atoms with van der Waals surface area (Å²) >= 11 is 1.54. The number of Topliss-reactive ketones (excluding diaryl/α,β-unsaturated/α-hetero) is 1. The summed E-state index contributed by atoms with van der Waals surface area (Å²) < 4.78 is 1.43. The van der Waals surface area contributed by atoms with Gasteiger partial charge in [0.05, 0.1) is 18.3 Å². The predicted molar refractivity (Wildman–Crippen MR) is 103 cm³/mol. The number of rotatable bonds is 6. The van der Waals surface area contributed by atoms with Crippen molar-refractivity contribution in [1.82, 2.24) is 9.55 Å². The van der Waals surface area contributed by atoms with Crippen molar-refractivity contribution in [2.75, 3.05) is 0 Å². The Hall–Kier alpha value is -2.27. The van der Waals surface area contributed by atoms with Crippen molar-refractivity contribution in [2.45, 2.75) is 46.6 Å². The van der Waals surface area contributed by atoms with Crippen molar-refractivity contribution in [3.8, 4) is 0 Å². The summed E-state index contributed by atoms with van der Waals surface area (Å²) in [4.78, 5) is 31.7. The monoisotopic (exact) mass is 354 g/mol. The average Bonchev–Trinajstić information content (AvgIpc) is 3.07. The van der Waals surface area contributed by atoms with Crippen molar-refractivity contribution >= 4 is 27.3 Å². The summed E-state index contributed by atoms with van der Waals surface area (Å²) in [5.74, 6) is -0.0404. The Morgan fingerprint density at radius 2 is 1.92 bits per heavy atom. The van der Waals surface area contributed by atoms with Crippen LogP contribution in [0, 0.1) is 0 Å². The second-order valence-electron chi connectivity index (χ2n) is 6.08. The third kappa shape index (κ3) is 3.42. The van der Waals surface area contributed by atoms with E-state index in [0.29, 0.717) is 10.9 Å². The molecule has 2 aromatic heterocycles. The van der Waals surface area contributed by atoms with Gasteiger partial charge < -0.3 is 0 Å². The lowest BCUT2D eigenvalue weighted by atomic mass is 9.97. The molecule has 0 saturated heterocycles. The van der Waals surface area contributed by atoms with Gasteiger partial charge in [0.15, 0.2) is 5.78 Å². The summed E-state index contributed by atoms with van der Waals surface area (Å²) in [7, 11) is 0. The van der Waals surface area contributed by atoms with Crippen LogP contribution >= 0.6 is 11.3 Å². The molecule has 5 heteroatoms. The molecule has 0 bridgehead atoms. The summed E-state index contributed by atoms with van der Waals surface area (Å²) in [5.41, 5.74) is 2.73. The molecule has 0 fully saturated rings. The van der Waals surface area contributed by atoms with Crippen LogP contribution in [0.5, 0.6) is 0 Å². The van der Waals surface area contributed by atoms with Crippen molar-refractivity contribution in [1.29, 1.82) is 0 Å². The average molecular weight is 354 g/mol. The van der Waals surface area contributed by atoms with Gasteiger partial charge in [0.2, 0.25) is 0 Å². The number of fused-ring (bicyclic) bond motifs is 1. The van der Waals surface area contributed by atoms with Gasteiger partial charge in [-0.05, 0) is 42.5 Å². The molecule has 0 spiro atoms. The Kier molecular flexibility index (Phi) is 5.13. The lowest BCUT2D eigenvalue weighted by Gasteiger charge is -2.10. The molecule has 0 aliphatic carbocycles. The standard InChI is InChI=1S/C20H22N2O2S/c1-4-13-7-8-14(5-2)16(9-13)18(23)11-22-12-21-19-17(20(22)24)10-15(6-3)25-19/h7-10,12H,4-6,11H2,1-3H3. The van der Waals surface area contributed by atoms with E-state index in [1.165, 1.54) is 22.2 Å². The number of aryl methyl sites for hydroxylation is 3. The van der Waals surface area contributed by atoms with Crippen LogP contribution in [0.2, 0.25) is 0 Å². The van der Waals surface area contributed by atoms with Gasteiger partial charge in [-0.1, -0.05) is 32.9 Å². The molecule has 25 heavy (non-hydrogen) atoms. The molecule has 130 valence electrons. The van der Waals surface area contributed by atoms with E-state index >= 15 is 0 Å². The molecule has 0 unspecified atom stereocenters. The van der Waals surface area contributed by atoms with E-state index in [1.807, 2.05) is 25.1 Å². The summed E-state index contributed by atoms with van der Waals surface area (Å²) in [6.45, 7) is 6.19. The highest BCUT2D eigenvalue weighted by atomic mass is 32.1. The third-order valence-corrected chi connectivity index (χ3v) is 5.68. The summed E-state index contributed by atoms with van der Waals surface area (Å²) in [6, 6.07) is 7.93. The molecule has 0 atom stereocenters. The first-order valence-electron chi connectivity index (χ1n) is 8.70. The number of thiophene rings is 1. The summed E-state index contributed by atoms with van der Waals surface area (Å²) in [5, 5.41) is 0.607. The molecule has 0 aliphatic rings. The molecule has 0 aliphatic heterocycles. The number of carbonyl (C=O) groups excluding carboxylic acids is 1. The molecule has 0 saturated carbocycles. The highest BCUT2D eigenvalue weighted by Crippen LogP contribution is 2.21. The molecule has 1 aromatic carbocycles. The largest absolute Gasteiger partial charge is 0.292 e. The van der Waals surface area contributed by atoms with Gasteiger partial charge in [-0.2, -0.15) is 0 Å². The van der Waals surface area contributed by atoms with Crippen molar-refractivity contribution in [2.24, 2.45) is 0 Å². The van der Waals surface area contributed by atoms with Crippen molar-refractivity contribution in [3.63, 3.8) is 0 Å². The number of hydrogen-bond acceptors (Lipinski definition) is 4. The Labute approximate surface area is 151 Å². The van der Waals surface area contributed by atoms with Gasteiger partial charge in [0.25, 0.3) is 5.56 Å². The highest BCUT2D eigenvalue weighted by Gasteiger charge is 2.15. The van der Waals surface area contributed by atoms with Gasteiger partial charge in [-0.15, -0.1) is 11.3 Å². The van der Waals surface area contributed by atoms with E-state index in [4.69, 9.17) is 0 Å². The van der Waals surface area contributed by atoms with Crippen LogP contribution in [0.4, 0.5) is 0 Å². The number of hydrogen-bond donors (Lipinski definition) is 0. The number of ketones is 1. The van der Waals surface area contributed by atoms with E-state index in [1.54, 1.807) is 0 Å². The van der Waals surface area contributed by atoms with E-state index in [2.05, 4.69) is 24.9 Å². The van der Waals surface area contributed by atoms with Crippen LogP contribution in [-0.2, 0) is 25.8 Å².